The minimum absolute atomic E-state index is 0.0121. The lowest BCUT2D eigenvalue weighted by Crippen LogP contribution is -2.27. The number of nitrogens with zero attached hydrogens (tertiary/aromatic N) is 2. The fraction of sp³-hybridized carbons (Fsp3) is 0.462. The maximum absolute atomic E-state index is 11.7. The van der Waals surface area contributed by atoms with Gasteiger partial charge in [0.1, 0.15) is 0 Å². The van der Waals surface area contributed by atoms with E-state index >= 15 is 0 Å². The molecule has 0 radical (unpaired) electrons. The summed E-state index contributed by atoms with van der Waals surface area (Å²) in [7, 11) is 0. The van der Waals surface area contributed by atoms with Gasteiger partial charge in [0, 0.05) is 11.4 Å². The van der Waals surface area contributed by atoms with Crippen molar-refractivity contribution in [1.82, 2.24) is 15.5 Å². The van der Waals surface area contributed by atoms with Crippen molar-refractivity contribution in [3.8, 4) is 5.19 Å². The maximum atomic E-state index is 11.7. The lowest BCUT2D eigenvalue weighted by molar-refractivity contribution is -0.118. The first-order chi connectivity index (χ1) is 10.1. The van der Waals surface area contributed by atoms with E-state index in [0.29, 0.717) is 17.5 Å². The van der Waals surface area contributed by atoms with Gasteiger partial charge in [-0.1, -0.05) is 22.9 Å². The number of hydrogen-bond donors (Lipinski definition) is 1. The van der Waals surface area contributed by atoms with E-state index in [2.05, 4.69) is 21.6 Å². The zero-order valence-electron chi connectivity index (χ0n) is 11.9. The summed E-state index contributed by atoms with van der Waals surface area (Å²) < 4.78 is 6.19. The van der Waals surface area contributed by atoms with Crippen LogP contribution in [-0.2, 0) is 11.2 Å². The third-order valence-corrected chi connectivity index (χ3v) is 5.21. The molecule has 0 aliphatic rings. The van der Waals surface area contributed by atoms with Crippen LogP contribution in [0.15, 0.2) is 21.9 Å². The molecule has 21 heavy (non-hydrogen) atoms. The SMILES string of the molecule is CC(C)Oc1nnc(SCC(=O)NCCc2cccs2)s1. The number of thiophene rings is 1. The van der Waals surface area contributed by atoms with E-state index in [9.17, 15) is 4.79 Å². The topological polar surface area (TPSA) is 64.1 Å². The summed E-state index contributed by atoms with van der Waals surface area (Å²) in [4.78, 5) is 13.0. The van der Waals surface area contributed by atoms with E-state index < -0.39 is 0 Å². The molecular formula is C13H17N3O2S3. The highest BCUT2D eigenvalue weighted by Crippen LogP contribution is 2.27. The molecule has 2 aromatic rings. The van der Waals surface area contributed by atoms with Gasteiger partial charge in [-0.2, -0.15) is 0 Å². The molecule has 8 heteroatoms. The summed E-state index contributed by atoms with van der Waals surface area (Å²) in [5.41, 5.74) is 0. The van der Waals surface area contributed by atoms with E-state index in [-0.39, 0.29) is 12.0 Å². The molecule has 1 amide bonds. The molecule has 114 valence electrons. The van der Waals surface area contributed by atoms with Gasteiger partial charge in [-0.3, -0.25) is 4.79 Å². The van der Waals surface area contributed by atoms with Crippen LogP contribution >= 0.6 is 34.4 Å². The normalized spacial score (nSPS) is 10.8. The summed E-state index contributed by atoms with van der Waals surface area (Å²) in [6.07, 6.45) is 0.954. The van der Waals surface area contributed by atoms with Crippen molar-refractivity contribution in [2.45, 2.75) is 30.7 Å². The number of hydrogen-bond acceptors (Lipinski definition) is 7. The predicted octanol–water partition coefficient (Wildman–Crippen LogP) is 2.84. The number of amides is 1. The van der Waals surface area contributed by atoms with Crippen LogP contribution in [0.1, 0.15) is 18.7 Å². The quantitative estimate of drug-likeness (QED) is 0.747. The van der Waals surface area contributed by atoms with Crippen molar-refractivity contribution < 1.29 is 9.53 Å². The van der Waals surface area contributed by atoms with Crippen LogP contribution in [0, 0.1) is 0 Å². The molecule has 0 aromatic carbocycles. The molecule has 0 fully saturated rings. The number of ether oxygens (including phenoxy) is 1. The van der Waals surface area contributed by atoms with Gasteiger partial charge in [0.25, 0.3) is 5.19 Å². The highest BCUT2D eigenvalue weighted by molar-refractivity contribution is 8.01. The van der Waals surface area contributed by atoms with E-state index in [1.54, 1.807) is 11.3 Å². The molecule has 0 bridgehead atoms. The van der Waals surface area contributed by atoms with E-state index in [1.807, 2.05) is 25.3 Å². The monoisotopic (exact) mass is 343 g/mol. The standard InChI is InChI=1S/C13H17N3O2S3/c1-9(2)18-12-15-16-13(21-12)20-8-11(17)14-6-5-10-4-3-7-19-10/h3-4,7,9H,5-6,8H2,1-2H3,(H,14,17). The van der Waals surface area contributed by atoms with Crippen LogP contribution in [0.4, 0.5) is 0 Å². The smallest absolute Gasteiger partial charge is 0.295 e. The molecule has 0 aliphatic carbocycles. The van der Waals surface area contributed by atoms with Gasteiger partial charge in [-0.05, 0) is 43.1 Å². The average molecular weight is 343 g/mol. The van der Waals surface area contributed by atoms with Gasteiger partial charge in [0.05, 0.1) is 11.9 Å². The molecule has 0 atom stereocenters. The van der Waals surface area contributed by atoms with Crippen LogP contribution in [-0.4, -0.2) is 34.5 Å². The Balaban J connectivity index is 1.65. The van der Waals surface area contributed by atoms with Crippen LogP contribution in [0.25, 0.3) is 0 Å². The minimum atomic E-state index is 0.0121. The molecule has 0 spiro atoms. The average Bonchev–Trinajstić information content (AvgIpc) is 3.07. The number of carbonyl (C=O) groups is 1. The maximum Gasteiger partial charge on any atom is 0.295 e. The van der Waals surface area contributed by atoms with Crippen LogP contribution in [0.5, 0.6) is 5.19 Å². The van der Waals surface area contributed by atoms with Crippen LogP contribution in [0.2, 0.25) is 0 Å². The van der Waals surface area contributed by atoms with Gasteiger partial charge in [0.2, 0.25) is 5.91 Å². The molecule has 0 unspecified atom stereocenters. The lowest BCUT2D eigenvalue weighted by atomic mass is 10.3. The largest absolute Gasteiger partial charge is 0.466 e. The molecule has 2 aromatic heterocycles. The minimum Gasteiger partial charge on any atom is -0.466 e. The van der Waals surface area contributed by atoms with E-state index in [4.69, 9.17) is 4.74 Å². The third-order valence-electron chi connectivity index (χ3n) is 2.32. The fourth-order valence-electron chi connectivity index (χ4n) is 1.46. The van der Waals surface area contributed by atoms with Crippen molar-refractivity contribution in [3.63, 3.8) is 0 Å². The second-order valence-electron chi connectivity index (χ2n) is 4.47. The third kappa shape index (κ3) is 6.03. The first-order valence-electron chi connectivity index (χ1n) is 6.55. The van der Waals surface area contributed by atoms with E-state index in [1.165, 1.54) is 28.0 Å². The molecular weight excluding hydrogens is 326 g/mol. The molecule has 0 aliphatic heterocycles. The second kappa shape index (κ2) is 8.35. The Labute approximate surface area is 136 Å². The summed E-state index contributed by atoms with van der Waals surface area (Å²) in [6, 6.07) is 4.09. The molecule has 5 nitrogen and oxygen atoms in total. The molecule has 2 rings (SSSR count). The Kier molecular flexibility index (Phi) is 6.47. The zero-order valence-corrected chi connectivity index (χ0v) is 14.3. The van der Waals surface area contributed by atoms with Crippen molar-refractivity contribution in [2.75, 3.05) is 12.3 Å². The Hall–Kier alpha value is -1.12. The molecule has 2 heterocycles. The van der Waals surface area contributed by atoms with Crippen molar-refractivity contribution >= 4 is 40.3 Å². The van der Waals surface area contributed by atoms with Crippen LogP contribution < -0.4 is 10.1 Å². The van der Waals surface area contributed by atoms with Crippen molar-refractivity contribution in [1.29, 1.82) is 0 Å². The van der Waals surface area contributed by atoms with Gasteiger partial charge in [0.15, 0.2) is 4.34 Å². The number of thioether (sulfide) groups is 1. The fourth-order valence-corrected chi connectivity index (χ4v) is 3.81. The molecule has 0 saturated heterocycles. The number of rotatable bonds is 8. The highest BCUT2D eigenvalue weighted by Gasteiger charge is 2.09. The van der Waals surface area contributed by atoms with Crippen molar-refractivity contribution in [2.24, 2.45) is 0 Å². The summed E-state index contributed by atoms with van der Waals surface area (Å²) in [6.45, 7) is 4.54. The Morgan fingerprint density at radius 2 is 2.33 bits per heavy atom. The first-order valence-corrected chi connectivity index (χ1v) is 9.23. The first kappa shape index (κ1) is 16.3. The Bertz CT molecular complexity index is 555. The second-order valence-corrected chi connectivity index (χ2v) is 7.66. The summed E-state index contributed by atoms with van der Waals surface area (Å²) >= 11 is 4.45. The van der Waals surface area contributed by atoms with Gasteiger partial charge in [-0.15, -0.1) is 16.4 Å². The number of carbonyl (C=O) groups excluding carboxylic acids is 1. The van der Waals surface area contributed by atoms with Crippen LogP contribution in [0.3, 0.4) is 0 Å². The predicted molar refractivity (Wildman–Crippen MR) is 87.4 cm³/mol. The lowest BCUT2D eigenvalue weighted by Gasteiger charge is -2.03. The Morgan fingerprint density at radius 1 is 1.48 bits per heavy atom. The summed E-state index contributed by atoms with van der Waals surface area (Å²) in [5.74, 6) is 0.360. The van der Waals surface area contributed by atoms with Gasteiger partial charge < -0.3 is 10.1 Å². The molecule has 1 N–H and O–H groups in total. The summed E-state index contributed by atoms with van der Waals surface area (Å²) in [5, 5.41) is 13.4. The molecule has 0 saturated carbocycles. The Morgan fingerprint density at radius 3 is 3.05 bits per heavy atom. The highest BCUT2D eigenvalue weighted by atomic mass is 32.2. The van der Waals surface area contributed by atoms with E-state index in [0.717, 1.165) is 10.8 Å². The van der Waals surface area contributed by atoms with Crippen molar-refractivity contribution in [3.05, 3.63) is 22.4 Å². The van der Waals surface area contributed by atoms with Gasteiger partial charge in [-0.25, -0.2) is 0 Å². The number of nitrogens with one attached hydrogen (secondary N) is 1. The zero-order chi connectivity index (χ0) is 15.1. The number of aromatic nitrogens is 2. The van der Waals surface area contributed by atoms with Gasteiger partial charge >= 0.3 is 0 Å².